The quantitative estimate of drug-likeness (QED) is 0.910. The molecule has 0 aromatic heterocycles. The van der Waals surface area contributed by atoms with Gasteiger partial charge in [-0.25, -0.2) is 0 Å². The Labute approximate surface area is 119 Å². The molecule has 1 aliphatic heterocycles. The second-order valence-electron chi connectivity index (χ2n) is 4.91. The van der Waals surface area contributed by atoms with Crippen LogP contribution in [-0.4, -0.2) is 30.6 Å². The molecule has 1 saturated heterocycles. The van der Waals surface area contributed by atoms with E-state index in [2.05, 4.69) is 17.1 Å². The van der Waals surface area contributed by atoms with E-state index in [1.54, 1.807) is 0 Å². The third-order valence-electron chi connectivity index (χ3n) is 3.39. The van der Waals surface area contributed by atoms with Crippen LogP contribution in [0.15, 0.2) is 18.2 Å². The summed E-state index contributed by atoms with van der Waals surface area (Å²) >= 11 is 12.1. The van der Waals surface area contributed by atoms with E-state index < -0.39 is 0 Å². The van der Waals surface area contributed by atoms with Crippen molar-refractivity contribution in [3.8, 4) is 0 Å². The van der Waals surface area contributed by atoms with Crippen molar-refractivity contribution in [2.45, 2.75) is 32.4 Å². The van der Waals surface area contributed by atoms with Crippen LogP contribution in [0.4, 0.5) is 0 Å². The molecule has 0 amide bonds. The van der Waals surface area contributed by atoms with Gasteiger partial charge in [-0.15, -0.1) is 0 Å². The first-order valence-corrected chi connectivity index (χ1v) is 7.34. The molecule has 2 nitrogen and oxygen atoms in total. The third-order valence-corrected chi connectivity index (χ3v) is 3.97. The van der Waals surface area contributed by atoms with E-state index >= 15 is 0 Å². The van der Waals surface area contributed by atoms with E-state index in [9.17, 15) is 0 Å². The second kappa shape index (κ2) is 6.76. The van der Waals surface area contributed by atoms with Crippen molar-refractivity contribution in [3.63, 3.8) is 0 Å². The number of hydrogen-bond acceptors (Lipinski definition) is 2. The van der Waals surface area contributed by atoms with E-state index in [4.69, 9.17) is 23.2 Å². The lowest BCUT2D eigenvalue weighted by Crippen LogP contribution is -2.50. The Bertz CT molecular complexity index is 393. The number of rotatable bonds is 4. The normalized spacial score (nSPS) is 21.2. The van der Waals surface area contributed by atoms with Crippen LogP contribution in [0, 0.1) is 0 Å². The highest BCUT2D eigenvalue weighted by molar-refractivity contribution is 6.35. The molecule has 1 atom stereocenters. The number of nitrogens with one attached hydrogen (secondary N) is 1. The Balaban J connectivity index is 1.96. The zero-order valence-corrected chi connectivity index (χ0v) is 12.3. The minimum absolute atomic E-state index is 0.620. The smallest absolute Gasteiger partial charge is 0.0465 e. The molecule has 0 radical (unpaired) electrons. The van der Waals surface area contributed by atoms with Gasteiger partial charge in [0.15, 0.2) is 0 Å². The van der Waals surface area contributed by atoms with Crippen molar-refractivity contribution >= 4 is 23.2 Å². The van der Waals surface area contributed by atoms with Crippen molar-refractivity contribution in [1.29, 1.82) is 0 Å². The van der Waals surface area contributed by atoms with Crippen LogP contribution >= 0.6 is 23.2 Å². The van der Waals surface area contributed by atoms with Crippen molar-refractivity contribution < 1.29 is 0 Å². The van der Waals surface area contributed by atoms with Crippen LogP contribution in [0.3, 0.4) is 0 Å². The second-order valence-corrected chi connectivity index (χ2v) is 5.75. The van der Waals surface area contributed by atoms with Gasteiger partial charge in [0.1, 0.15) is 0 Å². The fraction of sp³-hybridized carbons (Fsp3) is 0.571. The van der Waals surface area contributed by atoms with Crippen molar-refractivity contribution in [1.82, 2.24) is 10.2 Å². The zero-order chi connectivity index (χ0) is 13.0. The zero-order valence-electron chi connectivity index (χ0n) is 10.8. The molecule has 1 unspecified atom stereocenters. The summed E-state index contributed by atoms with van der Waals surface area (Å²) in [6.45, 7) is 6.40. The van der Waals surface area contributed by atoms with Crippen LogP contribution in [0.2, 0.25) is 10.0 Å². The van der Waals surface area contributed by atoms with Crippen LogP contribution in [-0.2, 0) is 6.54 Å². The molecule has 0 saturated carbocycles. The minimum Gasteiger partial charge on any atom is -0.311 e. The van der Waals surface area contributed by atoms with Gasteiger partial charge in [-0.1, -0.05) is 42.6 Å². The lowest BCUT2D eigenvalue weighted by Gasteiger charge is -2.33. The third kappa shape index (κ3) is 3.86. The molecule has 1 fully saturated rings. The topological polar surface area (TPSA) is 15.3 Å². The number of hydrogen-bond donors (Lipinski definition) is 1. The summed E-state index contributed by atoms with van der Waals surface area (Å²) in [4.78, 5) is 2.46. The SMILES string of the molecule is CCCC1CN(Cc2ccc(Cl)cc2Cl)CCN1. The van der Waals surface area contributed by atoms with Gasteiger partial charge >= 0.3 is 0 Å². The molecule has 1 heterocycles. The number of benzene rings is 1. The van der Waals surface area contributed by atoms with Crippen LogP contribution in [0.25, 0.3) is 0 Å². The Hall–Kier alpha value is -0.280. The van der Waals surface area contributed by atoms with Crippen molar-refractivity contribution in [2.75, 3.05) is 19.6 Å². The molecule has 0 spiro atoms. The van der Waals surface area contributed by atoms with E-state index in [-0.39, 0.29) is 0 Å². The van der Waals surface area contributed by atoms with Gasteiger partial charge < -0.3 is 5.32 Å². The molecule has 18 heavy (non-hydrogen) atoms. The van der Waals surface area contributed by atoms with E-state index in [1.165, 1.54) is 18.4 Å². The Morgan fingerprint density at radius 2 is 2.22 bits per heavy atom. The standard InChI is InChI=1S/C14H20Cl2N2/c1-2-3-13-10-18(7-6-17-13)9-11-4-5-12(15)8-14(11)16/h4-5,8,13,17H,2-3,6-7,9-10H2,1H3. The number of piperazine rings is 1. The monoisotopic (exact) mass is 286 g/mol. The van der Waals surface area contributed by atoms with Gasteiger partial charge in [0.25, 0.3) is 0 Å². The lowest BCUT2D eigenvalue weighted by atomic mass is 10.1. The summed E-state index contributed by atoms with van der Waals surface area (Å²) in [6.07, 6.45) is 2.47. The largest absolute Gasteiger partial charge is 0.311 e. The molecule has 100 valence electrons. The number of halogens is 2. The van der Waals surface area contributed by atoms with Gasteiger partial charge in [-0.3, -0.25) is 4.90 Å². The summed E-state index contributed by atoms with van der Waals surface area (Å²) in [5.74, 6) is 0. The van der Waals surface area contributed by atoms with Crippen LogP contribution in [0.1, 0.15) is 25.3 Å². The maximum atomic E-state index is 6.22. The molecule has 0 bridgehead atoms. The molecule has 1 aromatic rings. The minimum atomic E-state index is 0.620. The van der Waals surface area contributed by atoms with Gasteiger partial charge in [-0.2, -0.15) is 0 Å². The highest BCUT2D eigenvalue weighted by Gasteiger charge is 2.19. The number of nitrogens with zero attached hydrogens (tertiary/aromatic N) is 1. The Morgan fingerprint density at radius 3 is 2.94 bits per heavy atom. The maximum absolute atomic E-state index is 6.22. The molecule has 1 aromatic carbocycles. The van der Waals surface area contributed by atoms with Crippen molar-refractivity contribution in [3.05, 3.63) is 33.8 Å². The average molecular weight is 287 g/mol. The van der Waals surface area contributed by atoms with Crippen molar-refractivity contribution in [2.24, 2.45) is 0 Å². The van der Waals surface area contributed by atoms with E-state index in [1.807, 2.05) is 18.2 Å². The van der Waals surface area contributed by atoms with Gasteiger partial charge in [0, 0.05) is 42.3 Å². The van der Waals surface area contributed by atoms with E-state index in [0.717, 1.165) is 31.2 Å². The molecular weight excluding hydrogens is 267 g/mol. The fourth-order valence-corrected chi connectivity index (χ4v) is 2.94. The molecular formula is C14H20Cl2N2. The highest BCUT2D eigenvalue weighted by Crippen LogP contribution is 2.22. The molecule has 4 heteroatoms. The highest BCUT2D eigenvalue weighted by atomic mass is 35.5. The lowest BCUT2D eigenvalue weighted by molar-refractivity contribution is 0.187. The van der Waals surface area contributed by atoms with Crippen LogP contribution < -0.4 is 5.32 Å². The molecule has 1 aliphatic rings. The fourth-order valence-electron chi connectivity index (χ4n) is 2.47. The van der Waals surface area contributed by atoms with E-state index in [0.29, 0.717) is 11.1 Å². The Morgan fingerprint density at radius 1 is 1.39 bits per heavy atom. The first-order chi connectivity index (χ1) is 8.69. The predicted octanol–water partition coefficient (Wildman–Crippen LogP) is 3.57. The first kappa shape index (κ1) is 14.1. The summed E-state index contributed by atoms with van der Waals surface area (Å²) in [7, 11) is 0. The Kier molecular flexibility index (Phi) is 5.31. The van der Waals surface area contributed by atoms with Crippen LogP contribution in [0.5, 0.6) is 0 Å². The summed E-state index contributed by atoms with van der Waals surface area (Å²) in [6, 6.07) is 6.38. The molecule has 2 rings (SSSR count). The summed E-state index contributed by atoms with van der Waals surface area (Å²) in [5.41, 5.74) is 1.17. The summed E-state index contributed by atoms with van der Waals surface area (Å²) < 4.78 is 0. The van der Waals surface area contributed by atoms with Gasteiger partial charge in [-0.05, 0) is 24.1 Å². The average Bonchev–Trinajstić information content (AvgIpc) is 2.34. The maximum Gasteiger partial charge on any atom is 0.0465 e. The predicted molar refractivity (Wildman–Crippen MR) is 78.4 cm³/mol. The molecule has 0 aliphatic carbocycles. The molecule has 1 N–H and O–H groups in total. The van der Waals surface area contributed by atoms with Gasteiger partial charge in [0.2, 0.25) is 0 Å². The summed E-state index contributed by atoms with van der Waals surface area (Å²) in [5, 5.41) is 5.04. The first-order valence-electron chi connectivity index (χ1n) is 6.58. The van der Waals surface area contributed by atoms with Gasteiger partial charge in [0.05, 0.1) is 0 Å².